The van der Waals surface area contributed by atoms with E-state index in [0.717, 1.165) is 51.5 Å². The highest BCUT2D eigenvalue weighted by Gasteiger charge is 2.48. The molecule has 134 valence electrons. The van der Waals surface area contributed by atoms with Gasteiger partial charge in [0.05, 0.1) is 0 Å². The molecule has 2 saturated heterocycles. The molecule has 2 fully saturated rings. The topological polar surface area (TPSA) is 52.5 Å². The number of piperidine rings is 1. The van der Waals surface area contributed by atoms with Crippen LogP contribution in [0.4, 0.5) is 5.95 Å². The van der Waals surface area contributed by atoms with Crippen molar-refractivity contribution >= 4 is 17.3 Å². The van der Waals surface area contributed by atoms with Crippen LogP contribution < -0.4 is 4.90 Å². The monoisotopic (exact) mass is 358 g/mol. The number of anilines is 1. The lowest BCUT2D eigenvalue weighted by atomic mass is 9.71. The molecule has 2 aromatic heterocycles. The van der Waals surface area contributed by atoms with E-state index in [2.05, 4.69) is 38.8 Å². The summed E-state index contributed by atoms with van der Waals surface area (Å²) in [6.07, 6.45) is 5.89. The summed E-state index contributed by atoms with van der Waals surface area (Å²) in [5, 5.41) is 9.97. The Kier molecular flexibility index (Phi) is 4.75. The number of hydrogen-bond donors (Lipinski definition) is 1. The van der Waals surface area contributed by atoms with Crippen molar-refractivity contribution in [1.82, 2.24) is 14.9 Å². The molecule has 1 spiro atoms. The van der Waals surface area contributed by atoms with E-state index in [1.165, 1.54) is 9.75 Å². The molecule has 2 aliphatic rings. The highest BCUT2D eigenvalue weighted by atomic mass is 32.1. The second-order valence-corrected chi connectivity index (χ2v) is 8.83. The van der Waals surface area contributed by atoms with Crippen LogP contribution in [0.1, 0.15) is 22.6 Å². The van der Waals surface area contributed by atoms with E-state index in [0.29, 0.717) is 5.92 Å². The number of aliphatic hydroxyl groups is 1. The third kappa shape index (κ3) is 3.43. The first-order chi connectivity index (χ1) is 12.2. The fourth-order valence-corrected chi connectivity index (χ4v) is 5.34. The van der Waals surface area contributed by atoms with E-state index in [1.54, 1.807) is 12.4 Å². The molecule has 6 heteroatoms. The Morgan fingerprint density at radius 3 is 2.64 bits per heavy atom. The number of likely N-dealkylation sites (tertiary alicyclic amines) is 1. The summed E-state index contributed by atoms with van der Waals surface area (Å²) < 4.78 is 0. The average Bonchev–Trinajstić information content (AvgIpc) is 3.21. The first-order valence-electron chi connectivity index (χ1n) is 9.09. The van der Waals surface area contributed by atoms with Crippen molar-refractivity contribution in [2.24, 2.45) is 11.3 Å². The predicted octanol–water partition coefficient (Wildman–Crippen LogP) is 2.56. The summed E-state index contributed by atoms with van der Waals surface area (Å²) in [6, 6.07) is 6.32. The summed E-state index contributed by atoms with van der Waals surface area (Å²) in [6.45, 7) is 7.54. The second kappa shape index (κ2) is 7.02. The van der Waals surface area contributed by atoms with Crippen LogP contribution in [-0.4, -0.2) is 52.8 Å². The number of aryl methyl sites for hydroxylation is 1. The Hall–Kier alpha value is -1.50. The summed E-state index contributed by atoms with van der Waals surface area (Å²) in [4.78, 5) is 16.5. The Labute approximate surface area is 153 Å². The van der Waals surface area contributed by atoms with Crippen LogP contribution in [0.15, 0.2) is 30.6 Å². The van der Waals surface area contributed by atoms with E-state index in [4.69, 9.17) is 0 Å². The summed E-state index contributed by atoms with van der Waals surface area (Å²) in [5.74, 6) is 1.12. The van der Waals surface area contributed by atoms with Gasteiger partial charge in [0.1, 0.15) is 0 Å². The number of nitrogens with zero attached hydrogens (tertiary/aromatic N) is 4. The van der Waals surface area contributed by atoms with Crippen molar-refractivity contribution in [3.63, 3.8) is 0 Å². The summed E-state index contributed by atoms with van der Waals surface area (Å²) in [5.41, 5.74) is 0.204. The van der Waals surface area contributed by atoms with Crippen molar-refractivity contribution in [2.75, 3.05) is 37.7 Å². The number of thiophene rings is 1. The van der Waals surface area contributed by atoms with Crippen molar-refractivity contribution in [3.8, 4) is 0 Å². The maximum Gasteiger partial charge on any atom is 0.225 e. The van der Waals surface area contributed by atoms with Crippen LogP contribution in [0.25, 0.3) is 0 Å². The number of hydrogen-bond acceptors (Lipinski definition) is 6. The SMILES string of the molecule is Cc1ccc(CN2CCC3(CC2)CN(c2ncccn2)CC3CO)s1. The number of aliphatic hydroxyl groups excluding tert-OH is 1. The first kappa shape index (κ1) is 16.9. The Morgan fingerprint density at radius 2 is 2.00 bits per heavy atom. The molecule has 4 rings (SSSR count). The molecule has 25 heavy (non-hydrogen) atoms. The lowest BCUT2D eigenvalue weighted by Gasteiger charge is -2.42. The van der Waals surface area contributed by atoms with Crippen molar-refractivity contribution in [3.05, 3.63) is 40.3 Å². The zero-order valence-corrected chi connectivity index (χ0v) is 15.6. The Morgan fingerprint density at radius 1 is 1.24 bits per heavy atom. The third-order valence-corrected chi connectivity index (χ3v) is 6.88. The van der Waals surface area contributed by atoms with Gasteiger partial charge in [-0.15, -0.1) is 11.3 Å². The first-order valence-corrected chi connectivity index (χ1v) is 9.91. The van der Waals surface area contributed by atoms with Gasteiger partial charge in [-0.3, -0.25) is 4.90 Å². The summed E-state index contributed by atoms with van der Waals surface area (Å²) in [7, 11) is 0. The van der Waals surface area contributed by atoms with Gasteiger partial charge in [-0.05, 0) is 56.5 Å². The van der Waals surface area contributed by atoms with E-state index >= 15 is 0 Å². The van der Waals surface area contributed by atoms with Crippen LogP contribution in [0.3, 0.4) is 0 Å². The molecule has 0 saturated carbocycles. The quantitative estimate of drug-likeness (QED) is 0.910. The molecule has 1 unspecified atom stereocenters. The summed E-state index contributed by atoms with van der Waals surface area (Å²) >= 11 is 1.90. The van der Waals surface area contributed by atoms with Crippen LogP contribution >= 0.6 is 11.3 Å². The number of aromatic nitrogens is 2. The van der Waals surface area contributed by atoms with Gasteiger partial charge in [0, 0.05) is 54.3 Å². The molecule has 0 aliphatic carbocycles. The van der Waals surface area contributed by atoms with Gasteiger partial charge < -0.3 is 10.0 Å². The highest BCUT2D eigenvalue weighted by Crippen LogP contribution is 2.45. The normalized spacial score (nSPS) is 23.4. The average molecular weight is 359 g/mol. The fourth-order valence-electron chi connectivity index (χ4n) is 4.41. The fraction of sp³-hybridized carbons (Fsp3) is 0.579. The van der Waals surface area contributed by atoms with Gasteiger partial charge in [-0.1, -0.05) is 0 Å². The number of rotatable bonds is 4. The zero-order valence-electron chi connectivity index (χ0n) is 14.8. The van der Waals surface area contributed by atoms with Crippen LogP contribution in [0.2, 0.25) is 0 Å². The van der Waals surface area contributed by atoms with Gasteiger partial charge in [-0.25, -0.2) is 9.97 Å². The minimum absolute atomic E-state index is 0.204. The van der Waals surface area contributed by atoms with Crippen molar-refractivity contribution < 1.29 is 5.11 Å². The molecule has 0 bridgehead atoms. The molecule has 1 N–H and O–H groups in total. The molecule has 0 aromatic carbocycles. The van der Waals surface area contributed by atoms with Crippen molar-refractivity contribution in [1.29, 1.82) is 0 Å². The molecule has 0 amide bonds. The van der Waals surface area contributed by atoms with E-state index in [-0.39, 0.29) is 12.0 Å². The van der Waals surface area contributed by atoms with E-state index < -0.39 is 0 Å². The Bertz CT molecular complexity index is 696. The van der Waals surface area contributed by atoms with E-state index in [9.17, 15) is 5.11 Å². The van der Waals surface area contributed by atoms with Crippen LogP contribution in [0.5, 0.6) is 0 Å². The molecule has 1 atom stereocenters. The molecular weight excluding hydrogens is 332 g/mol. The van der Waals surface area contributed by atoms with E-state index in [1.807, 2.05) is 17.4 Å². The molecule has 2 aromatic rings. The van der Waals surface area contributed by atoms with Crippen LogP contribution in [0, 0.1) is 18.3 Å². The second-order valence-electron chi connectivity index (χ2n) is 7.46. The van der Waals surface area contributed by atoms with Gasteiger partial charge in [-0.2, -0.15) is 0 Å². The maximum atomic E-state index is 9.97. The van der Waals surface area contributed by atoms with Gasteiger partial charge in [0.25, 0.3) is 0 Å². The minimum atomic E-state index is 0.204. The minimum Gasteiger partial charge on any atom is -0.396 e. The lowest BCUT2D eigenvalue weighted by molar-refractivity contribution is 0.0510. The molecule has 0 radical (unpaired) electrons. The van der Waals surface area contributed by atoms with Gasteiger partial charge >= 0.3 is 0 Å². The smallest absolute Gasteiger partial charge is 0.225 e. The van der Waals surface area contributed by atoms with Crippen molar-refractivity contribution in [2.45, 2.75) is 26.3 Å². The third-order valence-electron chi connectivity index (χ3n) is 5.90. The van der Waals surface area contributed by atoms with Gasteiger partial charge in [0.2, 0.25) is 5.95 Å². The van der Waals surface area contributed by atoms with Gasteiger partial charge in [0.15, 0.2) is 0 Å². The largest absolute Gasteiger partial charge is 0.396 e. The van der Waals surface area contributed by atoms with Crippen LogP contribution in [-0.2, 0) is 6.54 Å². The maximum absolute atomic E-state index is 9.97. The molecular formula is C19H26N4OS. The Balaban J connectivity index is 1.42. The highest BCUT2D eigenvalue weighted by molar-refractivity contribution is 7.11. The predicted molar refractivity (Wildman–Crippen MR) is 101 cm³/mol. The molecule has 4 heterocycles. The lowest BCUT2D eigenvalue weighted by Crippen LogP contribution is -2.44. The standard InChI is InChI=1S/C19H26N4OS/c1-15-3-4-17(25-15)12-22-9-5-19(6-10-22)14-23(11-16(19)13-24)18-20-7-2-8-21-18/h2-4,7-8,16,24H,5-6,9-14H2,1H3. The molecule has 2 aliphatic heterocycles. The molecule has 5 nitrogen and oxygen atoms in total. The zero-order chi connectivity index (χ0) is 17.3.